The molecular formula is C14H26N4O2S. The molecular weight excluding hydrogens is 288 g/mol. The molecule has 0 aliphatic heterocycles. The van der Waals surface area contributed by atoms with E-state index in [1.807, 2.05) is 34.6 Å². The van der Waals surface area contributed by atoms with Gasteiger partial charge in [-0.15, -0.1) is 0 Å². The molecule has 120 valence electrons. The summed E-state index contributed by atoms with van der Waals surface area (Å²) in [5.74, 6) is 2.51. The van der Waals surface area contributed by atoms with Gasteiger partial charge in [0.15, 0.2) is 0 Å². The fourth-order valence-corrected chi connectivity index (χ4v) is 2.99. The SMILES string of the molecule is CCNc1nc(C(C)C)nc(NC(C)CS(C)(=O)=O)c1C. The third kappa shape index (κ3) is 5.49. The number of hydrogen-bond acceptors (Lipinski definition) is 6. The van der Waals surface area contributed by atoms with Crippen molar-refractivity contribution in [3.05, 3.63) is 11.4 Å². The molecule has 7 heteroatoms. The third-order valence-electron chi connectivity index (χ3n) is 2.96. The van der Waals surface area contributed by atoms with E-state index in [1.54, 1.807) is 0 Å². The van der Waals surface area contributed by atoms with Gasteiger partial charge in [0, 0.05) is 30.3 Å². The fourth-order valence-electron chi connectivity index (χ4n) is 2.00. The number of nitrogens with one attached hydrogen (secondary N) is 2. The lowest BCUT2D eigenvalue weighted by Crippen LogP contribution is -2.26. The average molecular weight is 314 g/mol. The summed E-state index contributed by atoms with van der Waals surface area (Å²) in [6, 6.07) is -0.205. The van der Waals surface area contributed by atoms with Crippen LogP contribution in [0.3, 0.4) is 0 Å². The fraction of sp³-hybridized carbons (Fsp3) is 0.714. The van der Waals surface area contributed by atoms with Gasteiger partial charge in [0.25, 0.3) is 0 Å². The summed E-state index contributed by atoms with van der Waals surface area (Å²) >= 11 is 0. The molecule has 1 heterocycles. The molecule has 0 fully saturated rings. The predicted octanol–water partition coefficient (Wildman–Crippen LogP) is 2.19. The lowest BCUT2D eigenvalue weighted by atomic mass is 10.2. The summed E-state index contributed by atoms with van der Waals surface area (Å²) in [5.41, 5.74) is 0.904. The Hall–Kier alpha value is -1.37. The normalized spacial score (nSPS) is 13.3. The van der Waals surface area contributed by atoms with Crippen molar-refractivity contribution in [2.75, 3.05) is 29.2 Å². The van der Waals surface area contributed by atoms with Gasteiger partial charge in [0.1, 0.15) is 27.3 Å². The van der Waals surface area contributed by atoms with Gasteiger partial charge in [0.2, 0.25) is 0 Å². The highest BCUT2D eigenvalue weighted by Crippen LogP contribution is 2.23. The average Bonchev–Trinajstić information content (AvgIpc) is 2.31. The highest BCUT2D eigenvalue weighted by Gasteiger charge is 2.16. The van der Waals surface area contributed by atoms with E-state index in [9.17, 15) is 8.42 Å². The van der Waals surface area contributed by atoms with Gasteiger partial charge in [-0.2, -0.15) is 0 Å². The van der Waals surface area contributed by atoms with Crippen molar-refractivity contribution in [2.24, 2.45) is 0 Å². The molecule has 2 N–H and O–H groups in total. The molecule has 1 unspecified atom stereocenters. The molecule has 0 saturated carbocycles. The Morgan fingerprint density at radius 3 is 2.19 bits per heavy atom. The first-order valence-corrected chi connectivity index (χ1v) is 9.26. The molecule has 6 nitrogen and oxygen atoms in total. The monoisotopic (exact) mass is 314 g/mol. The first-order chi connectivity index (χ1) is 9.64. The number of aromatic nitrogens is 2. The van der Waals surface area contributed by atoms with Crippen molar-refractivity contribution < 1.29 is 8.42 Å². The number of anilines is 2. The van der Waals surface area contributed by atoms with Gasteiger partial charge in [-0.3, -0.25) is 0 Å². The maximum Gasteiger partial charge on any atom is 0.149 e. The van der Waals surface area contributed by atoms with E-state index in [-0.39, 0.29) is 17.7 Å². The van der Waals surface area contributed by atoms with Crippen molar-refractivity contribution in [1.82, 2.24) is 9.97 Å². The molecule has 0 aliphatic carbocycles. The topological polar surface area (TPSA) is 84.0 Å². The molecule has 0 amide bonds. The Labute approximate surface area is 127 Å². The van der Waals surface area contributed by atoms with Crippen LogP contribution in [0.4, 0.5) is 11.6 Å². The summed E-state index contributed by atoms with van der Waals surface area (Å²) in [6.07, 6.45) is 1.24. The predicted molar refractivity (Wildman–Crippen MR) is 87.8 cm³/mol. The zero-order valence-electron chi connectivity index (χ0n) is 13.7. The van der Waals surface area contributed by atoms with Gasteiger partial charge in [-0.05, 0) is 20.8 Å². The van der Waals surface area contributed by atoms with Crippen LogP contribution in [0.2, 0.25) is 0 Å². The standard InChI is InChI=1S/C14H26N4O2S/c1-7-15-13-11(5)14(18-12(17-13)9(2)3)16-10(4)8-21(6,19)20/h9-10H,7-8H2,1-6H3,(H2,15,16,17,18). The van der Waals surface area contributed by atoms with Gasteiger partial charge in [0.05, 0.1) is 5.75 Å². The molecule has 0 bridgehead atoms. The van der Waals surface area contributed by atoms with Crippen molar-refractivity contribution in [2.45, 2.75) is 46.6 Å². The Balaban J connectivity index is 3.09. The van der Waals surface area contributed by atoms with E-state index in [2.05, 4.69) is 20.6 Å². The maximum atomic E-state index is 11.4. The summed E-state index contributed by atoms with van der Waals surface area (Å²) in [7, 11) is -3.02. The summed E-state index contributed by atoms with van der Waals surface area (Å²) in [4.78, 5) is 9.05. The van der Waals surface area contributed by atoms with Gasteiger partial charge in [-0.1, -0.05) is 13.8 Å². The van der Waals surface area contributed by atoms with Crippen LogP contribution in [0.1, 0.15) is 45.0 Å². The zero-order valence-corrected chi connectivity index (χ0v) is 14.5. The number of nitrogens with zero attached hydrogens (tertiary/aromatic N) is 2. The Morgan fingerprint density at radius 1 is 1.14 bits per heavy atom. The van der Waals surface area contributed by atoms with Crippen molar-refractivity contribution in [3.63, 3.8) is 0 Å². The van der Waals surface area contributed by atoms with E-state index < -0.39 is 9.84 Å². The number of sulfone groups is 1. The molecule has 1 rings (SSSR count). The molecule has 1 aromatic heterocycles. The molecule has 0 aliphatic rings. The van der Waals surface area contributed by atoms with Crippen LogP contribution in [-0.2, 0) is 9.84 Å². The van der Waals surface area contributed by atoms with Crippen molar-refractivity contribution >= 4 is 21.5 Å². The molecule has 0 radical (unpaired) electrons. The van der Waals surface area contributed by atoms with Gasteiger partial charge in [-0.25, -0.2) is 18.4 Å². The molecule has 0 saturated heterocycles. The van der Waals surface area contributed by atoms with Gasteiger partial charge >= 0.3 is 0 Å². The van der Waals surface area contributed by atoms with Crippen molar-refractivity contribution in [3.8, 4) is 0 Å². The van der Waals surface area contributed by atoms with E-state index in [0.29, 0.717) is 5.82 Å². The first kappa shape index (κ1) is 17.7. The summed E-state index contributed by atoms with van der Waals surface area (Å²) in [5, 5.41) is 6.41. The highest BCUT2D eigenvalue weighted by molar-refractivity contribution is 7.90. The molecule has 0 aromatic carbocycles. The minimum absolute atomic E-state index is 0.0734. The smallest absolute Gasteiger partial charge is 0.149 e. The van der Waals surface area contributed by atoms with E-state index in [0.717, 1.165) is 23.8 Å². The van der Waals surface area contributed by atoms with Crippen LogP contribution in [0.15, 0.2) is 0 Å². The number of rotatable bonds is 7. The number of hydrogen-bond donors (Lipinski definition) is 2. The van der Waals surface area contributed by atoms with E-state index in [4.69, 9.17) is 0 Å². The maximum absolute atomic E-state index is 11.4. The minimum atomic E-state index is -3.02. The lowest BCUT2D eigenvalue weighted by Gasteiger charge is -2.19. The van der Waals surface area contributed by atoms with Crippen LogP contribution >= 0.6 is 0 Å². The Kier molecular flexibility index (Phi) is 5.95. The van der Waals surface area contributed by atoms with Crippen LogP contribution in [0, 0.1) is 6.92 Å². The van der Waals surface area contributed by atoms with Crippen molar-refractivity contribution in [1.29, 1.82) is 0 Å². The molecule has 1 aromatic rings. The Bertz CT molecular complexity index is 585. The second-order valence-electron chi connectivity index (χ2n) is 5.73. The Morgan fingerprint density at radius 2 is 1.71 bits per heavy atom. The van der Waals surface area contributed by atoms with Gasteiger partial charge < -0.3 is 10.6 Å². The van der Waals surface area contributed by atoms with Crippen LogP contribution in [0.25, 0.3) is 0 Å². The summed E-state index contributed by atoms with van der Waals surface area (Å²) < 4.78 is 22.8. The minimum Gasteiger partial charge on any atom is -0.370 e. The first-order valence-electron chi connectivity index (χ1n) is 7.20. The third-order valence-corrected chi connectivity index (χ3v) is 4.07. The van der Waals surface area contributed by atoms with Crippen LogP contribution in [0.5, 0.6) is 0 Å². The van der Waals surface area contributed by atoms with Crippen LogP contribution < -0.4 is 10.6 Å². The van der Waals surface area contributed by atoms with Crippen LogP contribution in [-0.4, -0.2) is 43.0 Å². The molecule has 1 atom stereocenters. The molecule has 0 spiro atoms. The second-order valence-corrected chi connectivity index (χ2v) is 7.91. The second kappa shape index (κ2) is 7.06. The molecule has 21 heavy (non-hydrogen) atoms. The highest BCUT2D eigenvalue weighted by atomic mass is 32.2. The summed E-state index contributed by atoms with van der Waals surface area (Å²) in [6.45, 7) is 10.6. The quantitative estimate of drug-likeness (QED) is 0.802. The largest absolute Gasteiger partial charge is 0.370 e. The van der Waals surface area contributed by atoms with E-state index >= 15 is 0 Å². The van der Waals surface area contributed by atoms with E-state index in [1.165, 1.54) is 6.26 Å². The zero-order chi connectivity index (χ0) is 16.2. The lowest BCUT2D eigenvalue weighted by molar-refractivity contribution is 0.597.